The van der Waals surface area contributed by atoms with Gasteiger partial charge in [-0.25, -0.2) is 4.79 Å². The molecule has 0 aliphatic carbocycles. The third kappa shape index (κ3) is 2.71. The van der Waals surface area contributed by atoms with Gasteiger partial charge in [0.15, 0.2) is 0 Å². The van der Waals surface area contributed by atoms with Crippen molar-refractivity contribution in [3.05, 3.63) is 29.3 Å². The molecule has 21 heavy (non-hydrogen) atoms. The maximum atomic E-state index is 12.3. The molecule has 1 fully saturated rings. The number of nitrogens with zero attached hydrogens (tertiary/aromatic N) is 1. The number of para-hydroxylation sites is 1. The molecule has 4 heteroatoms. The predicted molar refractivity (Wildman–Crippen MR) is 83.7 cm³/mol. The highest BCUT2D eigenvalue weighted by molar-refractivity contribution is 5.70. The zero-order chi connectivity index (χ0) is 15.2. The molecule has 0 saturated carbocycles. The Morgan fingerprint density at radius 2 is 2.10 bits per heavy atom. The second-order valence-electron chi connectivity index (χ2n) is 7.17. The molecule has 0 aromatic heterocycles. The van der Waals surface area contributed by atoms with Gasteiger partial charge in [0.25, 0.3) is 0 Å². The third-order valence-electron chi connectivity index (χ3n) is 4.34. The first-order valence-corrected chi connectivity index (χ1v) is 7.66. The minimum absolute atomic E-state index is 0.189. The van der Waals surface area contributed by atoms with Crippen molar-refractivity contribution in [3.8, 4) is 0 Å². The van der Waals surface area contributed by atoms with E-state index in [1.807, 2.05) is 25.7 Å². The van der Waals surface area contributed by atoms with E-state index in [0.717, 1.165) is 19.6 Å². The summed E-state index contributed by atoms with van der Waals surface area (Å²) in [4.78, 5) is 14.1. The van der Waals surface area contributed by atoms with Crippen molar-refractivity contribution in [2.24, 2.45) is 5.92 Å². The Morgan fingerprint density at radius 1 is 1.33 bits per heavy atom. The van der Waals surface area contributed by atoms with E-state index in [9.17, 15) is 4.79 Å². The fourth-order valence-corrected chi connectivity index (χ4v) is 3.38. The second kappa shape index (κ2) is 4.93. The lowest BCUT2D eigenvalue weighted by molar-refractivity contribution is 0.0287. The highest BCUT2D eigenvalue weighted by Crippen LogP contribution is 2.41. The molecule has 0 spiro atoms. The van der Waals surface area contributed by atoms with Gasteiger partial charge in [0.05, 0.1) is 0 Å². The first-order chi connectivity index (χ1) is 9.85. The molecule has 1 aromatic carbocycles. The van der Waals surface area contributed by atoms with Crippen LogP contribution in [0.3, 0.4) is 0 Å². The Morgan fingerprint density at radius 3 is 2.81 bits per heavy atom. The summed E-state index contributed by atoms with van der Waals surface area (Å²) in [6.07, 6.45) is -0.189. The SMILES string of the molecule is Cc1cccc2c1NCC1CN(C(=O)OC(C)(C)C)CC21. The smallest absolute Gasteiger partial charge is 0.410 e. The number of hydrogen-bond donors (Lipinski definition) is 1. The minimum atomic E-state index is -0.433. The molecule has 114 valence electrons. The molecule has 2 unspecified atom stereocenters. The van der Waals surface area contributed by atoms with Crippen molar-refractivity contribution in [2.75, 3.05) is 25.0 Å². The monoisotopic (exact) mass is 288 g/mol. The fourth-order valence-electron chi connectivity index (χ4n) is 3.38. The van der Waals surface area contributed by atoms with E-state index < -0.39 is 5.60 Å². The van der Waals surface area contributed by atoms with Crippen LogP contribution in [0.1, 0.15) is 37.8 Å². The van der Waals surface area contributed by atoms with Crippen molar-refractivity contribution in [3.63, 3.8) is 0 Å². The number of carbonyl (C=O) groups is 1. The van der Waals surface area contributed by atoms with Gasteiger partial charge in [-0.1, -0.05) is 18.2 Å². The number of ether oxygens (including phenoxy) is 1. The van der Waals surface area contributed by atoms with Crippen LogP contribution in [0.4, 0.5) is 10.5 Å². The zero-order valence-corrected chi connectivity index (χ0v) is 13.3. The Labute approximate surface area is 126 Å². The summed E-state index contributed by atoms with van der Waals surface area (Å²) in [5.41, 5.74) is 3.45. The number of carbonyl (C=O) groups excluding carboxylic acids is 1. The Bertz CT molecular complexity index is 562. The molecule has 1 amide bonds. The molecule has 1 aromatic rings. The van der Waals surface area contributed by atoms with E-state index in [0.29, 0.717) is 11.8 Å². The van der Waals surface area contributed by atoms with Gasteiger partial charge in [-0.2, -0.15) is 0 Å². The van der Waals surface area contributed by atoms with Crippen LogP contribution in [-0.4, -0.2) is 36.2 Å². The lowest BCUT2D eigenvalue weighted by Gasteiger charge is -2.29. The predicted octanol–water partition coefficient (Wildman–Crippen LogP) is 3.37. The first-order valence-electron chi connectivity index (χ1n) is 7.66. The number of anilines is 1. The summed E-state index contributed by atoms with van der Waals surface area (Å²) in [5, 5.41) is 3.53. The van der Waals surface area contributed by atoms with Crippen molar-refractivity contribution in [2.45, 2.75) is 39.2 Å². The molecule has 2 atom stereocenters. The van der Waals surface area contributed by atoms with E-state index in [4.69, 9.17) is 4.74 Å². The van der Waals surface area contributed by atoms with Gasteiger partial charge in [0.2, 0.25) is 0 Å². The molecule has 1 saturated heterocycles. The fraction of sp³-hybridized carbons (Fsp3) is 0.588. The van der Waals surface area contributed by atoms with Gasteiger partial charge in [-0.05, 0) is 38.8 Å². The van der Waals surface area contributed by atoms with Crippen molar-refractivity contribution < 1.29 is 9.53 Å². The average Bonchev–Trinajstić information content (AvgIpc) is 2.81. The Balaban J connectivity index is 1.79. The molecule has 1 N–H and O–H groups in total. The standard InChI is InChI=1S/C17H24N2O2/c1-11-6-5-7-13-14-10-19(16(20)21-17(2,3)4)9-12(14)8-18-15(11)13/h5-7,12,14,18H,8-10H2,1-4H3. The van der Waals surface area contributed by atoms with E-state index in [1.54, 1.807) is 0 Å². The van der Waals surface area contributed by atoms with Crippen LogP contribution in [0.15, 0.2) is 18.2 Å². The maximum absolute atomic E-state index is 12.3. The summed E-state index contributed by atoms with van der Waals surface area (Å²) in [6, 6.07) is 6.42. The number of likely N-dealkylation sites (tertiary alicyclic amines) is 1. The first kappa shape index (κ1) is 14.2. The van der Waals surface area contributed by atoms with Gasteiger partial charge < -0.3 is 15.0 Å². The average molecular weight is 288 g/mol. The molecule has 0 radical (unpaired) electrons. The largest absolute Gasteiger partial charge is 0.444 e. The van der Waals surface area contributed by atoms with Gasteiger partial charge in [-0.3, -0.25) is 0 Å². The topological polar surface area (TPSA) is 41.6 Å². The van der Waals surface area contributed by atoms with Gasteiger partial charge in [-0.15, -0.1) is 0 Å². The van der Waals surface area contributed by atoms with Crippen LogP contribution in [0.25, 0.3) is 0 Å². The van der Waals surface area contributed by atoms with Gasteiger partial charge in [0, 0.05) is 37.2 Å². The molecule has 0 bridgehead atoms. The van der Waals surface area contributed by atoms with Crippen LogP contribution >= 0.6 is 0 Å². The van der Waals surface area contributed by atoms with Gasteiger partial charge in [0.1, 0.15) is 5.60 Å². The summed E-state index contributed by atoms with van der Waals surface area (Å²) in [5.74, 6) is 0.903. The number of nitrogens with one attached hydrogen (secondary N) is 1. The summed E-state index contributed by atoms with van der Waals surface area (Å²) in [7, 11) is 0. The summed E-state index contributed by atoms with van der Waals surface area (Å²) < 4.78 is 5.51. The van der Waals surface area contributed by atoms with Crippen LogP contribution in [0, 0.1) is 12.8 Å². The minimum Gasteiger partial charge on any atom is -0.444 e. The van der Waals surface area contributed by atoms with E-state index in [1.165, 1.54) is 16.8 Å². The Hall–Kier alpha value is -1.71. The lowest BCUT2D eigenvalue weighted by atomic mass is 9.84. The molecule has 3 rings (SSSR count). The third-order valence-corrected chi connectivity index (χ3v) is 4.34. The highest BCUT2D eigenvalue weighted by Gasteiger charge is 2.40. The maximum Gasteiger partial charge on any atom is 0.410 e. The van der Waals surface area contributed by atoms with E-state index >= 15 is 0 Å². The van der Waals surface area contributed by atoms with Crippen LogP contribution < -0.4 is 5.32 Å². The number of hydrogen-bond acceptors (Lipinski definition) is 3. The second-order valence-corrected chi connectivity index (χ2v) is 7.17. The normalized spacial score (nSPS) is 24.1. The van der Waals surface area contributed by atoms with E-state index in [2.05, 4.69) is 30.4 Å². The molecular formula is C17H24N2O2. The zero-order valence-electron chi connectivity index (χ0n) is 13.3. The summed E-state index contributed by atoms with van der Waals surface area (Å²) >= 11 is 0. The van der Waals surface area contributed by atoms with Crippen LogP contribution in [-0.2, 0) is 4.74 Å². The highest BCUT2D eigenvalue weighted by atomic mass is 16.6. The number of fused-ring (bicyclic) bond motifs is 3. The molecule has 4 nitrogen and oxygen atoms in total. The number of amides is 1. The number of benzene rings is 1. The lowest BCUT2D eigenvalue weighted by Crippen LogP contribution is -2.35. The molecule has 2 heterocycles. The van der Waals surface area contributed by atoms with Crippen molar-refractivity contribution in [1.82, 2.24) is 4.90 Å². The Kier molecular flexibility index (Phi) is 3.34. The van der Waals surface area contributed by atoms with Crippen molar-refractivity contribution >= 4 is 11.8 Å². The number of aryl methyl sites for hydroxylation is 1. The van der Waals surface area contributed by atoms with Crippen LogP contribution in [0.2, 0.25) is 0 Å². The molecule has 2 aliphatic heterocycles. The van der Waals surface area contributed by atoms with Gasteiger partial charge >= 0.3 is 6.09 Å². The van der Waals surface area contributed by atoms with E-state index in [-0.39, 0.29) is 6.09 Å². The molecular weight excluding hydrogens is 264 g/mol. The quantitative estimate of drug-likeness (QED) is 0.796. The molecule has 2 aliphatic rings. The number of rotatable bonds is 0. The van der Waals surface area contributed by atoms with Crippen molar-refractivity contribution in [1.29, 1.82) is 0 Å². The van der Waals surface area contributed by atoms with Crippen LogP contribution in [0.5, 0.6) is 0 Å². The summed E-state index contributed by atoms with van der Waals surface area (Å²) in [6.45, 7) is 10.3.